The van der Waals surface area contributed by atoms with Crippen molar-refractivity contribution in [3.63, 3.8) is 0 Å². The number of aromatic hydroxyl groups is 1. The molecular formula is C20H20Cl2N4O. The SMILES string of the molecule is CC[C@H](N)CNc1nc(-c2cc(Cl)ccc2O)ncc1-c1cccc(Cl)c1. The Morgan fingerprint density at radius 3 is 2.63 bits per heavy atom. The van der Waals surface area contributed by atoms with Crippen LogP contribution in [0.3, 0.4) is 0 Å². The van der Waals surface area contributed by atoms with Crippen molar-refractivity contribution < 1.29 is 5.11 Å². The van der Waals surface area contributed by atoms with Gasteiger partial charge in [0, 0.05) is 34.4 Å². The molecule has 0 fully saturated rings. The summed E-state index contributed by atoms with van der Waals surface area (Å²) in [6.45, 7) is 2.59. The van der Waals surface area contributed by atoms with Gasteiger partial charge in [-0.3, -0.25) is 0 Å². The van der Waals surface area contributed by atoms with E-state index in [1.807, 2.05) is 31.2 Å². The molecule has 1 heterocycles. The van der Waals surface area contributed by atoms with Crippen molar-refractivity contribution in [2.45, 2.75) is 19.4 Å². The molecule has 0 unspecified atom stereocenters. The van der Waals surface area contributed by atoms with Crippen LogP contribution in [0.2, 0.25) is 10.0 Å². The first-order valence-corrected chi connectivity index (χ1v) is 9.35. The lowest BCUT2D eigenvalue weighted by atomic mass is 10.1. The summed E-state index contributed by atoms with van der Waals surface area (Å²) in [5.74, 6) is 1.05. The molecule has 0 radical (unpaired) electrons. The van der Waals surface area contributed by atoms with Crippen molar-refractivity contribution in [1.29, 1.82) is 0 Å². The van der Waals surface area contributed by atoms with Gasteiger partial charge in [-0.15, -0.1) is 0 Å². The molecule has 7 heteroatoms. The predicted octanol–water partition coefficient (Wildman–Crippen LogP) is 4.97. The molecule has 0 spiro atoms. The summed E-state index contributed by atoms with van der Waals surface area (Å²) in [5.41, 5.74) is 8.19. The van der Waals surface area contributed by atoms with E-state index < -0.39 is 0 Å². The van der Waals surface area contributed by atoms with Crippen LogP contribution in [0.25, 0.3) is 22.5 Å². The molecule has 27 heavy (non-hydrogen) atoms. The summed E-state index contributed by atoms with van der Waals surface area (Å²) >= 11 is 12.2. The highest BCUT2D eigenvalue weighted by atomic mass is 35.5. The van der Waals surface area contributed by atoms with Crippen LogP contribution in [0, 0.1) is 0 Å². The summed E-state index contributed by atoms with van der Waals surface area (Å²) in [6.07, 6.45) is 2.54. The van der Waals surface area contributed by atoms with Crippen LogP contribution in [0.5, 0.6) is 5.75 Å². The zero-order valence-corrected chi connectivity index (χ0v) is 16.3. The minimum absolute atomic E-state index is 0.00445. The fourth-order valence-corrected chi connectivity index (χ4v) is 2.94. The summed E-state index contributed by atoms with van der Waals surface area (Å²) < 4.78 is 0. The number of nitrogens with zero attached hydrogens (tertiary/aromatic N) is 2. The van der Waals surface area contributed by atoms with E-state index in [0.717, 1.165) is 17.5 Å². The summed E-state index contributed by atoms with van der Waals surface area (Å²) in [6, 6.07) is 12.2. The minimum Gasteiger partial charge on any atom is -0.507 e. The zero-order chi connectivity index (χ0) is 19.4. The maximum Gasteiger partial charge on any atom is 0.165 e. The van der Waals surface area contributed by atoms with Gasteiger partial charge in [0.2, 0.25) is 0 Å². The van der Waals surface area contributed by atoms with E-state index in [4.69, 9.17) is 28.9 Å². The van der Waals surface area contributed by atoms with E-state index in [9.17, 15) is 5.11 Å². The molecule has 0 aliphatic rings. The Morgan fingerprint density at radius 2 is 1.89 bits per heavy atom. The van der Waals surface area contributed by atoms with Crippen LogP contribution in [0.1, 0.15) is 13.3 Å². The van der Waals surface area contributed by atoms with Gasteiger partial charge in [0.15, 0.2) is 5.82 Å². The third-order valence-electron chi connectivity index (χ3n) is 4.18. The third-order valence-corrected chi connectivity index (χ3v) is 4.65. The van der Waals surface area contributed by atoms with Crippen LogP contribution >= 0.6 is 23.2 Å². The average Bonchev–Trinajstić information content (AvgIpc) is 2.67. The minimum atomic E-state index is -0.00445. The second-order valence-electron chi connectivity index (χ2n) is 6.18. The normalized spacial score (nSPS) is 12.0. The number of rotatable bonds is 6. The molecular weight excluding hydrogens is 383 g/mol. The molecule has 1 atom stereocenters. The molecule has 1 aromatic heterocycles. The van der Waals surface area contributed by atoms with Crippen LogP contribution in [-0.4, -0.2) is 27.7 Å². The van der Waals surface area contributed by atoms with Gasteiger partial charge in [-0.05, 0) is 42.3 Å². The summed E-state index contributed by atoms with van der Waals surface area (Å²) in [7, 11) is 0. The van der Waals surface area contributed by atoms with E-state index in [2.05, 4.69) is 15.3 Å². The first-order valence-electron chi connectivity index (χ1n) is 8.59. The van der Waals surface area contributed by atoms with Crippen LogP contribution in [-0.2, 0) is 0 Å². The largest absolute Gasteiger partial charge is 0.507 e. The molecule has 2 aromatic carbocycles. The van der Waals surface area contributed by atoms with Crippen LogP contribution < -0.4 is 11.1 Å². The number of phenolic OH excluding ortho intramolecular Hbond substituents is 1. The Hall–Kier alpha value is -2.34. The number of aromatic nitrogens is 2. The van der Waals surface area contributed by atoms with Gasteiger partial charge in [-0.25, -0.2) is 9.97 Å². The van der Waals surface area contributed by atoms with Crippen molar-refractivity contribution in [2.24, 2.45) is 5.73 Å². The summed E-state index contributed by atoms with van der Waals surface area (Å²) in [5, 5.41) is 14.6. The number of nitrogens with two attached hydrogens (primary N) is 1. The zero-order valence-electron chi connectivity index (χ0n) is 14.8. The van der Waals surface area contributed by atoms with Gasteiger partial charge in [-0.2, -0.15) is 0 Å². The lowest BCUT2D eigenvalue weighted by Gasteiger charge is -2.15. The van der Waals surface area contributed by atoms with Crippen molar-refractivity contribution in [2.75, 3.05) is 11.9 Å². The number of hydrogen-bond acceptors (Lipinski definition) is 5. The van der Waals surface area contributed by atoms with E-state index in [1.54, 1.807) is 18.3 Å². The molecule has 3 aromatic rings. The smallest absolute Gasteiger partial charge is 0.165 e. The number of phenols is 1. The van der Waals surface area contributed by atoms with E-state index in [-0.39, 0.29) is 11.8 Å². The average molecular weight is 403 g/mol. The molecule has 4 N–H and O–H groups in total. The van der Waals surface area contributed by atoms with Crippen molar-refractivity contribution in [1.82, 2.24) is 9.97 Å². The van der Waals surface area contributed by atoms with Gasteiger partial charge in [0.25, 0.3) is 0 Å². The van der Waals surface area contributed by atoms with E-state index >= 15 is 0 Å². The molecule has 0 amide bonds. The lowest BCUT2D eigenvalue weighted by Crippen LogP contribution is -2.28. The molecule has 0 saturated carbocycles. The number of nitrogens with one attached hydrogen (secondary N) is 1. The number of anilines is 1. The number of benzene rings is 2. The second kappa shape index (κ2) is 8.57. The van der Waals surface area contributed by atoms with Gasteiger partial charge >= 0.3 is 0 Å². The van der Waals surface area contributed by atoms with Crippen molar-refractivity contribution >= 4 is 29.0 Å². The number of halogens is 2. The Balaban J connectivity index is 2.07. The second-order valence-corrected chi connectivity index (χ2v) is 7.05. The van der Waals surface area contributed by atoms with E-state index in [1.165, 1.54) is 6.07 Å². The van der Waals surface area contributed by atoms with Crippen LogP contribution in [0.4, 0.5) is 5.82 Å². The maximum atomic E-state index is 10.2. The van der Waals surface area contributed by atoms with Crippen molar-refractivity contribution in [3.8, 4) is 28.3 Å². The molecule has 0 saturated heterocycles. The highest BCUT2D eigenvalue weighted by Crippen LogP contribution is 2.33. The summed E-state index contributed by atoms with van der Waals surface area (Å²) in [4.78, 5) is 9.04. The van der Waals surface area contributed by atoms with Gasteiger partial charge in [0.1, 0.15) is 11.6 Å². The van der Waals surface area contributed by atoms with Gasteiger partial charge in [0.05, 0.1) is 5.56 Å². The quantitative estimate of drug-likeness (QED) is 0.541. The molecule has 3 rings (SSSR count). The molecule has 0 bridgehead atoms. The predicted molar refractivity (Wildman–Crippen MR) is 111 cm³/mol. The lowest BCUT2D eigenvalue weighted by molar-refractivity contribution is 0.477. The molecule has 140 valence electrons. The van der Waals surface area contributed by atoms with E-state index in [0.29, 0.717) is 33.8 Å². The highest BCUT2D eigenvalue weighted by Gasteiger charge is 2.14. The highest BCUT2D eigenvalue weighted by molar-refractivity contribution is 6.31. The fourth-order valence-electron chi connectivity index (χ4n) is 2.57. The Labute approximate surface area is 168 Å². The standard InChI is InChI=1S/C20H20Cl2N4O/c1-2-15(23)10-24-20-17(12-4-3-5-13(21)8-12)11-25-19(26-20)16-9-14(22)6-7-18(16)27/h3-9,11,15,27H,2,10,23H2,1H3,(H,24,25,26)/t15-/m0/s1. The van der Waals surface area contributed by atoms with Gasteiger partial charge in [-0.1, -0.05) is 42.3 Å². The maximum absolute atomic E-state index is 10.2. The van der Waals surface area contributed by atoms with Crippen LogP contribution in [0.15, 0.2) is 48.7 Å². The molecule has 0 aliphatic heterocycles. The number of hydrogen-bond donors (Lipinski definition) is 3. The first-order chi connectivity index (χ1) is 13.0. The Bertz CT molecular complexity index is 949. The fraction of sp³-hybridized carbons (Fsp3) is 0.200. The monoisotopic (exact) mass is 402 g/mol. The molecule has 0 aliphatic carbocycles. The Morgan fingerprint density at radius 1 is 1.11 bits per heavy atom. The third kappa shape index (κ3) is 4.69. The first kappa shape index (κ1) is 19.4. The molecule has 5 nitrogen and oxygen atoms in total. The van der Waals surface area contributed by atoms with Crippen molar-refractivity contribution in [3.05, 3.63) is 58.7 Å². The van der Waals surface area contributed by atoms with Gasteiger partial charge < -0.3 is 16.2 Å². The topological polar surface area (TPSA) is 84.1 Å². The Kier molecular flexibility index (Phi) is 6.16.